The molecular weight excluding hydrogens is 396 g/mol. The van der Waals surface area contributed by atoms with Gasteiger partial charge in [0.05, 0.1) is 24.6 Å². The van der Waals surface area contributed by atoms with Gasteiger partial charge in [-0.25, -0.2) is 0 Å². The highest BCUT2D eigenvalue weighted by Gasteiger charge is 2.31. The van der Waals surface area contributed by atoms with Crippen LogP contribution >= 0.6 is 0 Å². The summed E-state index contributed by atoms with van der Waals surface area (Å²) in [6.07, 6.45) is 14.3. The molecule has 2 heterocycles. The van der Waals surface area contributed by atoms with E-state index in [2.05, 4.69) is 25.2 Å². The molecule has 0 saturated carbocycles. The van der Waals surface area contributed by atoms with Crippen LogP contribution in [0.5, 0.6) is 0 Å². The number of carbonyl (C=O) groups excluding carboxylic acids is 3. The molecule has 0 radical (unpaired) electrons. The van der Waals surface area contributed by atoms with Crippen molar-refractivity contribution in [1.29, 1.82) is 0 Å². The monoisotopic (exact) mass is 436 g/mol. The van der Waals surface area contributed by atoms with Crippen LogP contribution in [0.25, 0.3) is 0 Å². The van der Waals surface area contributed by atoms with Crippen LogP contribution in [0, 0.1) is 0 Å². The van der Waals surface area contributed by atoms with Crippen LogP contribution in [0.3, 0.4) is 0 Å². The molecule has 0 aromatic rings. The van der Waals surface area contributed by atoms with Gasteiger partial charge in [-0.3, -0.25) is 9.59 Å². The largest absolute Gasteiger partial charge is 0.435 e. The van der Waals surface area contributed by atoms with Gasteiger partial charge in [-0.05, 0) is 37.3 Å². The van der Waals surface area contributed by atoms with Gasteiger partial charge in [0.1, 0.15) is 12.4 Å². The van der Waals surface area contributed by atoms with Crippen molar-refractivity contribution in [3.05, 3.63) is 24.5 Å². The Bertz CT molecular complexity index is 597. The van der Waals surface area contributed by atoms with Crippen LogP contribution in [0.15, 0.2) is 24.5 Å². The zero-order chi connectivity index (χ0) is 23.1. The minimum atomic E-state index is -0.360. The number of ether oxygens (including phenoxy) is 3. The number of hydrogen-bond acceptors (Lipinski definition) is 6. The van der Waals surface area contributed by atoms with Crippen molar-refractivity contribution >= 4 is 18.0 Å². The van der Waals surface area contributed by atoms with Gasteiger partial charge in [-0.15, -0.1) is 0 Å². The van der Waals surface area contributed by atoms with Gasteiger partial charge in [0.25, 0.3) is 0 Å². The van der Waals surface area contributed by atoms with Crippen molar-refractivity contribution in [2.45, 2.75) is 116 Å². The van der Waals surface area contributed by atoms with Gasteiger partial charge < -0.3 is 19.0 Å². The maximum atomic E-state index is 11.6. The number of unbranched alkanes of at least 4 members (excludes halogenated alkanes) is 2. The number of aldehydes is 1. The molecule has 0 spiro atoms. The summed E-state index contributed by atoms with van der Waals surface area (Å²) in [6.45, 7) is 9.65. The Balaban J connectivity index is 0.000000316. The van der Waals surface area contributed by atoms with E-state index in [0.717, 1.165) is 44.8 Å². The van der Waals surface area contributed by atoms with Crippen LogP contribution in [0.1, 0.15) is 91.4 Å². The summed E-state index contributed by atoms with van der Waals surface area (Å²) in [5, 5.41) is 0. The first-order valence-electron chi connectivity index (χ1n) is 11.7. The van der Waals surface area contributed by atoms with E-state index in [1.807, 2.05) is 0 Å². The molecule has 0 N–H and O–H groups in total. The van der Waals surface area contributed by atoms with Crippen LogP contribution in [-0.2, 0) is 28.6 Å². The van der Waals surface area contributed by atoms with Gasteiger partial charge in [0.2, 0.25) is 0 Å². The maximum Gasteiger partial charge on any atom is 0.307 e. The van der Waals surface area contributed by atoms with E-state index in [9.17, 15) is 14.4 Å². The van der Waals surface area contributed by atoms with Crippen molar-refractivity contribution in [1.82, 2.24) is 0 Å². The molecule has 0 aromatic heterocycles. The summed E-state index contributed by atoms with van der Waals surface area (Å²) in [6, 6.07) is 0. The average Bonchev–Trinajstić information content (AvgIpc) is 3.28. The Labute approximate surface area is 187 Å². The fraction of sp³-hybridized carbons (Fsp3) is 0.720. The van der Waals surface area contributed by atoms with Crippen molar-refractivity contribution in [3.8, 4) is 0 Å². The molecule has 0 aromatic carbocycles. The lowest BCUT2D eigenvalue weighted by Gasteiger charge is -2.11. The lowest BCUT2D eigenvalue weighted by Crippen LogP contribution is -2.14. The zero-order valence-corrected chi connectivity index (χ0v) is 19.5. The number of esters is 1. The third kappa shape index (κ3) is 11.4. The lowest BCUT2D eigenvalue weighted by molar-refractivity contribution is -0.135. The molecule has 6 nitrogen and oxygen atoms in total. The molecule has 0 bridgehead atoms. The number of hydrogen-bond donors (Lipinski definition) is 0. The first kappa shape index (κ1) is 27.2. The predicted octanol–water partition coefficient (Wildman–Crippen LogP) is 5.24. The maximum absolute atomic E-state index is 11.6. The third-order valence-electron chi connectivity index (χ3n) is 5.43. The second kappa shape index (κ2) is 15.9. The molecule has 4 atom stereocenters. The summed E-state index contributed by atoms with van der Waals surface area (Å²) < 4.78 is 16.1. The zero-order valence-electron chi connectivity index (χ0n) is 19.5. The summed E-state index contributed by atoms with van der Waals surface area (Å²) in [5.41, 5.74) is 1.17. The minimum absolute atomic E-state index is 0.0783. The van der Waals surface area contributed by atoms with Crippen LogP contribution in [0.2, 0.25) is 0 Å². The first-order valence-corrected chi connectivity index (χ1v) is 11.7. The highest BCUT2D eigenvalue weighted by atomic mass is 16.5. The van der Waals surface area contributed by atoms with Crippen molar-refractivity contribution in [2.24, 2.45) is 0 Å². The number of Topliss-reactive ketones (excluding diaryl/α,β-unsaturated/α-hetero) is 1. The predicted molar refractivity (Wildman–Crippen MR) is 121 cm³/mol. The Hall–Kier alpha value is -1.79. The highest BCUT2D eigenvalue weighted by Crippen LogP contribution is 2.29. The van der Waals surface area contributed by atoms with Gasteiger partial charge in [0, 0.05) is 26.2 Å². The highest BCUT2D eigenvalue weighted by molar-refractivity contribution is 5.85. The van der Waals surface area contributed by atoms with Crippen LogP contribution in [-0.4, -0.2) is 42.5 Å². The normalized spacial score (nSPS) is 25.5. The minimum Gasteiger partial charge on any atom is -0.435 e. The number of carbonyl (C=O) groups is 3. The summed E-state index contributed by atoms with van der Waals surface area (Å²) in [4.78, 5) is 32.3. The quantitative estimate of drug-likeness (QED) is 0.180. The molecule has 0 unspecified atom stereocenters. The number of rotatable bonds is 12. The Morgan fingerprint density at radius 2 is 1.68 bits per heavy atom. The molecule has 176 valence electrons. The molecule has 2 saturated heterocycles. The summed E-state index contributed by atoms with van der Waals surface area (Å²) in [5.74, 6) is -0.209. The van der Waals surface area contributed by atoms with Gasteiger partial charge >= 0.3 is 5.97 Å². The number of ketones is 1. The van der Waals surface area contributed by atoms with E-state index < -0.39 is 0 Å². The fourth-order valence-electron chi connectivity index (χ4n) is 3.72. The average molecular weight is 437 g/mol. The van der Waals surface area contributed by atoms with Gasteiger partial charge in [0.15, 0.2) is 5.78 Å². The van der Waals surface area contributed by atoms with Crippen molar-refractivity contribution < 1.29 is 28.6 Å². The van der Waals surface area contributed by atoms with E-state index in [4.69, 9.17) is 9.47 Å². The van der Waals surface area contributed by atoms with Crippen molar-refractivity contribution in [2.75, 3.05) is 0 Å². The van der Waals surface area contributed by atoms with Gasteiger partial charge in [-0.2, -0.15) is 0 Å². The fourth-order valence-corrected chi connectivity index (χ4v) is 3.72. The summed E-state index contributed by atoms with van der Waals surface area (Å²) in [7, 11) is 0. The molecule has 2 fully saturated rings. The third-order valence-corrected chi connectivity index (χ3v) is 5.43. The van der Waals surface area contributed by atoms with Crippen LogP contribution in [0.4, 0.5) is 0 Å². The molecule has 2 rings (SSSR count). The Morgan fingerprint density at radius 1 is 1.06 bits per heavy atom. The molecule has 2 aliphatic heterocycles. The molecule has 0 amide bonds. The molecule has 31 heavy (non-hydrogen) atoms. The Kier molecular flexibility index (Phi) is 14.0. The standard InChI is InChI=1S/C13H20O4.C12H20O2/c1-3-4-6-11-9-12(15)13(17-11)7-5-8-16-10(2)14;1-3-4-6-11-9-10(2)12(14-11)7-5-8-13/h5,8,11,13H,3-4,6-7,9H2,1-2H3;8,11-12H,2-7,9H2,1H3/b8-5+;/t11-,13-;11-,12-/m00/s1. The smallest absolute Gasteiger partial charge is 0.307 e. The lowest BCUT2D eigenvalue weighted by atomic mass is 10.0. The van der Waals surface area contributed by atoms with E-state index in [1.54, 1.807) is 6.08 Å². The molecular formula is C25H40O6. The molecule has 2 aliphatic rings. The molecule has 6 heteroatoms. The second-order valence-corrected chi connectivity index (χ2v) is 8.27. The van der Waals surface area contributed by atoms with Crippen molar-refractivity contribution in [3.63, 3.8) is 0 Å². The first-order chi connectivity index (χ1) is 14.9. The van der Waals surface area contributed by atoms with E-state index >= 15 is 0 Å². The van der Waals surface area contributed by atoms with E-state index in [0.29, 0.717) is 25.4 Å². The van der Waals surface area contributed by atoms with E-state index in [-0.39, 0.29) is 30.1 Å². The Morgan fingerprint density at radius 3 is 2.26 bits per heavy atom. The van der Waals surface area contributed by atoms with Crippen LogP contribution < -0.4 is 0 Å². The SMILES string of the molecule is C=C1C[C@H](CCCC)O[C@H]1CCC=O.CCCC[C@H]1CC(=O)[C@H](C/C=C/OC(C)=O)O1. The van der Waals surface area contributed by atoms with Gasteiger partial charge in [-0.1, -0.05) is 46.1 Å². The topological polar surface area (TPSA) is 78.9 Å². The molecule has 0 aliphatic carbocycles. The summed E-state index contributed by atoms with van der Waals surface area (Å²) >= 11 is 0. The second-order valence-electron chi connectivity index (χ2n) is 8.27. The van der Waals surface area contributed by atoms with E-state index in [1.165, 1.54) is 31.6 Å².